The van der Waals surface area contributed by atoms with Gasteiger partial charge in [0, 0.05) is 22.4 Å². The Morgan fingerprint density at radius 3 is 2.33 bits per heavy atom. The Hall–Kier alpha value is -2.91. The molecular formula is C21H20F3N3O3. The highest BCUT2D eigenvalue weighted by molar-refractivity contribution is 6.00. The molecule has 0 spiro atoms. The maximum atomic E-state index is 12.9. The Labute approximate surface area is 170 Å². The van der Waals surface area contributed by atoms with E-state index in [1.165, 1.54) is 6.07 Å². The van der Waals surface area contributed by atoms with E-state index in [1.54, 1.807) is 24.3 Å². The van der Waals surface area contributed by atoms with Crippen molar-refractivity contribution in [3.05, 3.63) is 48.0 Å². The topological polar surface area (TPSA) is 98.5 Å². The van der Waals surface area contributed by atoms with E-state index in [0.717, 1.165) is 6.07 Å². The van der Waals surface area contributed by atoms with Gasteiger partial charge in [0.2, 0.25) is 0 Å². The normalized spacial score (nSPS) is 22.2. The molecule has 1 aliphatic carbocycles. The van der Waals surface area contributed by atoms with Crippen LogP contribution in [0.15, 0.2) is 42.5 Å². The van der Waals surface area contributed by atoms with Gasteiger partial charge in [-0.3, -0.25) is 0 Å². The van der Waals surface area contributed by atoms with Gasteiger partial charge < -0.3 is 20.6 Å². The van der Waals surface area contributed by atoms with Crippen LogP contribution in [0.4, 0.5) is 19.0 Å². The summed E-state index contributed by atoms with van der Waals surface area (Å²) >= 11 is 0. The Kier molecular flexibility index (Phi) is 5.25. The van der Waals surface area contributed by atoms with Crippen LogP contribution < -0.4 is 5.32 Å². The molecular weight excluding hydrogens is 399 g/mol. The van der Waals surface area contributed by atoms with Gasteiger partial charge in [0.05, 0.1) is 17.8 Å². The van der Waals surface area contributed by atoms with E-state index in [9.17, 15) is 28.5 Å². The van der Waals surface area contributed by atoms with Gasteiger partial charge in [-0.15, -0.1) is 10.2 Å². The first-order valence-electron chi connectivity index (χ1n) is 9.52. The molecule has 0 unspecified atom stereocenters. The number of aliphatic hydroxyl groups excluding tert-OH is 2. The molecule has 0 aliphatic heterocycles. The minimum atomic E-state index is -4.56. The number of halogens is 3. The first-order valence-corrected chi connectivity index (χ1v) is 9.52. The highest BCUT2D eigenvalue weighted by Gasteiger charge is 2.32. The van der Waals surface area contributed by atoms with Crippen molar-refractivity contribution in [3.63, 3.8) is 0 Å². The van der Waals surface area contributed by atoms with Crippen LogP contribution in [0, 0.1) is 0 Å². The third-order valence-electron chi connectivity index (χ3n) is 5.39. The van der Waals surface area contributed by atoms with Crippen LogP contribution in [0.3, 0.4) is 0 Å². The molecule has 9 heteroatoms. The van der Waals surface area contributed by atoms with Crippen molar-refractivity contribution in [2.24, 2.45) is 0 Å². The zero-order valence-corrected chi connectivity index (χ0v) is 15.8. The van der Waals surface area contributed by atoms with E-state index in [1.807, 2.05) is 0 Å². The van der Waals surface area contributed by atoms with Gasteiger partial charge in [-0.05, 0) is 37.5 Å². The Morgan fingerprint density at radius 1 is 0.933 bits per heavy atom. The largest absolute Gasteiger partial charge is 0.507 e. The molecule has 0 bridgehead atoms. The number of aliphatic hydroxyl groups is 2. The molecule has 4 rings (SSSR count). The molecule has 2 aromatic carbocycles. The maximum absolute atomic E-state index is 12.9. The number of alkyl halides is 3. The predicted octanol–water partition coefficient (Wildman–Crippen LogP) is 3.71. The zero-order chi connectivity index (χ0) is 21.5. The van der Waals surface area contributed by atoms with Gasteiger partial charge in [0.1, 0.15) is 11.4 Å². The van der Waals surface area contributed by atoms with Crippen molar-refractivity contribution in [3.8, 4) is 17.0 Å². The van der Waals surface area contributed by atoms with E-state index in [0.29, 0.717) is 41.9 Å². The van der Waals surface area contributed by atoms with Gasteiger partial charge in [-0.25, -0.2) is 0 Å². The second-order valence-electron chi connectivity index (χ2n) is 7.46. The summed E-state index contributed by atoms with van der Waals surface area (Å²) in [6, 6.07) is 9.75. The van der Waals surface area contributed by atoms with E-state index < -0.39 is 29.7 Å². The van der Waals surface area contributed by atoms with Gasteiger partial charge in [0.15, 0.2) is 5.82 Å². The van der Waals surface area contributed by atoms with Crippen molar-refractivity contribution in [1.82, 2.24) is 10.2 Å². The predicted molar refractivity (Wildman–Crippen MR) is 105 cm³/mol. The van der Waals surface area contributed by atoms with Crippen molar-refractivity contribution >= 4 is 16.6 Å². The molecule has 4 N–H and O–H groups in total. The summed E-state index contributed by atoms with van der Waals surface area (Å²) in [6.45, 7) is 0. The zero-order valence-electron chi connectivity index (χ0n) is 15.8. The Balaban J connectivity index is 1.71. The summed E-state index contributed by atoms with van der Waals surface area (Å²) in [5.41, 5.74) is -0.534. The minimum absolute atomic E-state index is 0.105. The van der Waals surface area contributed by atoms with Gasteiger partial charge in [-0.2, -0.15) is 13.2 Å². The second-order valence-corrected chi connectivity index (χ2v) is 7.46. The minimum Gasteiger partial charge on any atom is -0.507 e. The number of hydrogen-bond donors (Lipinski definition) is 4. The average molecular weight is 419 g/mol. The number of aromatic hydroxyl groups is 1. The molecule has 3 atom stereocenters. The van der Waals surface area contributed by atoms with Crippen LogP contribution in [-0.2, 0) is 6.18 Å². The molecule has 1 heterocycles. The number of nitrogens with one attached hydrogen (secondary N) is 1. The molecule has 1 aromatic heterocycles. The van der Waals surface area contributed by atoms with Gasteiger partial charge in [0.25, 0.3) is 0 Å². The second kappa shape index (κ2) is 7.73. The van der Waals surface area contributed by atoms with Crippen molar-refractivity contribution in [1.29, 1.82) is 0 Å². The summed E-state index contributed by atoms with van der Waals surface area (Å²) in [5, 5.41) is 42.7. The van der Waals surface area contributed by atoms with Gasteiger partial charge >= 0.3 is 6.18 Å². The number of phenols is 1. The highest BCUT2D eigenvalue weighted by atomic mass is 19.4. The molecule has 30 heavy (non-hydrogen) atoms. The third kappa shape index (κ3) is 3.90. The lowest BCUT2D eigenvalue weighted by atomic mass is 9.90. The fraction of sp³-hybridized carbons (Fsp3) is 0.333. The van der Waals surface area contributed by atoms with Crippen LogP contribution >= 0.6 is 0 Å². The molecule has 158 valence electrons. The molecule has 1 saturated carbocycles. The molecule has 1 aliphatic rings. The lowest BCUT2D eigenvalue weighted by Crippen LogP contribution is -2.39. The van der Waals surface area contributed by atoms with E-state index in [-0.39, 0.29) is 17.3 Å². The number of phenolic OH excluding ortho intramolecular Hbond substituents is 1. The number of aromatic nitrogens is 2. The molecule has 0 saturated heterocycles. The standard InChI is InChI=1S/C21H20F3N3O3/c22-21(23,24)11-5-7-15(17(29)9-11)19-13-3-1-2-4-14(13)20(27-26-19)25-12-6-8-16(28)18(30)10-12/h1-5,7,9,12,16,18,28-30H,6,8,10H2,(H,25,27)/t12-,16-,18-/m1/s1. The third-order valence-corrected chi connectivity index (χ3v) is 5.39. The number of nitrogens with zero attached hydrogens (tertiary/aromatic N) is 2. The Bertz CT molecular complexity index is 1070. The summed E-state index contributed by atoms with van der Waals surface area (Å²) in [4.78, 5) is 0. The summed E-state index contributed by atoms with van der Waals surface area (Å²) in [6.07, 6.45) is -4.65. The number of fused-ring (bicyclic) bond motifs is 1. The SMILES string of the molecule is Oc1cc(C(F)(F)F)ccc1-c1nnc(N[C@@H]2CC[C@@H](O)[C@H](O)C2)c2ccccc12. The lowest BCUT2D eigenvalue weighted by molar-refractivity contribution is -0.137. The summed E-state index contributed by atoms with van der Waals surface area (Å²) in [7, 11) is 0. The van der Waals surface area contributed by atoms with Crippen LogP contribution in [0.25, 0.3) is 22.0 Å². The quantitative estimate of drug-likeness (QED) is 0.517. The lowest BCUT2D eigenvalue weighted by Gasteiger charge is -2.31. The fourth-order valence-electron chi connectivity index (χ4n) is 3.77. The van der Waals surface area contributed by atoms with Crippen molar-refractivity contribution in [2.45, 2.75) is 43.7 Å². The smallest absolute Gasteiger partial charge is 0.416 e. The molecule has 0 amide bonds. The van der Waals surface area contributed by atoms with Crippen LogP contribution in [0.1, 0.15) is 24.8 Å². The first kappa shape index (κ1) is 20.4. The molecule has 3 aromatic rings. The van der Waals surface area contributed by atoms with Crippen molar-refractivity contribution in [2.75, 3.05) is 5.32 Å². The maximum Gasteiger partial charge on any atom is 0.416 e. The fourth-order valence-corrected chi connectivity index (χ4v) is 3.77. The first-order chi connectivity index (χ1) is 14.2. The van der Waals surface area contributed by atoms with E-state index in [2.05, 4.69) is 15.5 Å². The number of benzene rings is 2. The molecule has 6 nitrogen and oxygen atoms in total. The van der Waals surface area contributed by atoms with E-state index in [4.69, 9.17) is 0 Å². The molecule has 1 fully saturated rings. The Morgan fingerprint density at radius 2 is 1.67 bits per heavy atom. The van der Waals surface area contributed by atoms with E-state index >= 15 is 0 Å². The number of hydrogen-bond acceptors (Lipinski definition) is 6. The number of anilines is 1. The average Bonchev–Trinajstić information content (AvgIpc) is 2.70. The van der Waals surface area contributed by atoms with Gasteiger partial charge in [-0.1, -0.05) is 24.3 Å². The highest BCUT2D eigenvalue weighted by Crippen LogP contribution is 2.39. The number of rotatable bonds is 3. The van der Waals surface area contributed by atoms with Crippen LogP contribution in [-0.4, -0.2) is 43.8 Å². The molecule has 0 radical (unpaired) electrons. The summed E-state index contributed by atoms with van der Waals surface area (Å²) < 4.78 is 38.7. The van der Waals surface area contributed by atoms with Crippen molar-refractivity contribution < 1.29 is 28.5 Å². The monoisotopic (exact) mass is 419 g/mol. The summed E-state index contributed by atoms with van der Waals surface area (Å²) in [5.74, 6) is -0.0660. The van der Waals surface area contributed by atoms with Crippen LogP contribution in [0.2, 0.25) is 0 Å². The van der Waals surface area contributed by atoms with Crippen LogP contribution in [0.5, 0.6) is 5.75 Å².